The van der Waals surface area contributed by atoms with Crippen LogP contribution in [-0.4, -0.2) is 53.0 Å². The lowest BCUT2D eigenvalue weighted by Gasteiger charge is -2.15. The van der Waals surface area contributed by atoms with E-state index in [9.17, 15) is 17.2 Å². The number of aliphatic imine (C=N–C) groups is 1. The molecule has 0 bridgehead atoms. The Hall–Kier alpha value is -1.41. The summed E-state index contributed by atoms with van der Waals surface area (Å²) in [5.41, 5.74) is 0.462. The molecule has 0 aromatic heterocycles. The van der Waals surface area contributed by atoms with E-state index in [4.69, 9.17) is 4.74 Å². The lowest BCUT2D eigenvalue weighted by atomic mass is 10.2. The highest BCUT2D eigenvalue weighted by Gasteiger charge is 2.15. The number of halogens is 3. The third-order valence-electron chi connectivity index (χ3n) is 3.67. The van der Waals surface area contributed by atoms with Crippen molar-refractivity contribution in [2.24, 2.45) is 4.99 Å². The van der Waals surface area contributed by atoms with Gasteiger partial charge in [-0.15, -0.1) is 24.0 Å². The van der Waals surface area contributed by atoms with Crippen molar-refractivity contribution in [1.82, 2.24) is 15.4 Å². The molecule has 1 aromatic rings. The summed E-state index contributed by atoms with van der Waals surface area (Å²) in [6.07, 6.45) is 0.559. The van der Waals surface area contributed by atoms with E-state index in [1.165, 1.54) is 0 Å². The molecule has 12 heteroatoms. The van der Waals surface area contributed by atoms with Crippen LogP contribution in [-0.2, 0) is 16.6 Å². The fourth-order valence-corrected chi connectivity index (χ4v) is 2.97. The molecule has 0 amide bonds. The van der Waals surface area contributed by atoms with E-state index in [-0.39, 0.29) is 47.8 Å². The Kier molecular flexibility index (Phi) is 14.7. The van der Waals surface area contributed by atoms with Crippen LogP contribution in [0.1, 0.15) is 32.8 Å². The summed E-state index contributed by atoms with van der Waals surface area (Å²) in [7, 11) is -3.21. The summed E-state index contributed by atoms with van der Waals surface area (Å²) < 4.78 is 60.9. The van der Waals surface area contributed by atoms with Gasteiger partial charge in [0.2, 0.25) is 10.0 Å². The van der Waals surface area contributed by atoms with Crippen LogP contribution in [0.2, 0.25) is 0 Å². The fourth-order valence-electron chi connectivity index (χ4n) is 2.31. The average Bonchev–Trinajstić information content (AvgIpc) is 2.67. The van der Waals surface area contributed by atoms with E-state index in [1.807, 2.05) is 6.92 Å². The van der Waals surface area contributed by atoms with E-state index >= 15 is 0 Å². The molecule has 0 radical (unpaired) electrons. The number of ether oxygens (including phenoxy) is 2. The average molecular weight is 564 g/mol. The van der Waals surface area contributed by atoms with Crippen molar-refractivity contribution in [1.29, 1.82) is 0 Å². The summed E-state index contributed by atoms with van der Waals surface area (Å²) in [5.74, 6) is 0.726. The van der Waals surface area contributed by atoms with Crippen LogP contribution in [0, 0.1) is 0 Å². The first-order valence-corrected chi connectivity index (χ1v) is 11.2. The highest BCUT2D eigenvalue weighted by Crippen LogP contribution is 2.33. The minimum Gasteiger partial charge on any atom is -0.490 e. The van der Waals surface area contributed by atoms with Gasteiger partial charge in [-0.05, 0) is 33.3 Å². The van der Waals surface area contributed by atoms with Crippen LogP contribution in [0.4, 0.5) is 8.78 Å². The van der Waals surface area contributed by atoms with Crippen molar-refractivity contribution in [3.05, 3.63) is 23.8 Å². The van der Waals surface area contributed by atoms with Crippen molar-refractivity contribution in [2.75, 3.05) is 32.0 Å². The van der Waals surface area contributed by atoms with Gasteiger partial charge in [0.15, 0.2) is 17.5 Å². The standard InChI is InChI=1S/C18H30F2N4O4S.HI/c1-4-21-18(22-11-8-12-24-29(25,26)6-3)23-13-14-9-7-10-15(27-5-2)16(14)28-17(19)20;/h7,9-10,17,24H,4-6,8,11-13H2,1-3H3,(H2,21,22,23);1H. The molecule has 0 spiro atoms. The second-order valence-electron chi connectivity index (χ2n) is 5.83. The molecule has 30 heavy (non-hydrogen) atoms. The summed E-state index contributed by atoms with van der Waals surface area (Å²) in [5, 5.41) is 6.13. The third kappa shape index (κ3) is 11.1. The molecule has 8 nitrogen and oxygen atoms in total. The number of nitrogens with zero attached hydrogens (tertiary/aromatic N) is 1. The first-order chi connectivity index (χ1) is 13.8. The van der Waals surface area contributed by atoms with Crippen molar-refractivity contribution >= 4 is 40.0 Å². The smallest absolute Gasteiger partial charge is 0.387 e. The largest absolute Gasteiger partial charge is 0.490 e. The topological polar surface area (TPSA) is 101 Å². The molecule has 0 aliphatic heterocycles. The Balaban J connectivity index is 0.00000841. The molecule has 0 fully saturated rings. The quantitative estimate of drug-likeness (QED) is 0.148. The van der Waals surface area contributed by atoms with Crippen molar-refractivity contribution in [3.8, 4) is 11.5 Å². The van der Waals surface area contributed by atoms with Gasteiger partial charge in [-0.2, -0.15) is 8.78 Å². The summed E-state index contributed by atoms with van der Waals surface area (Å²) in [6, 6.07) is 4.90. The molecule has 3 N–H and O–H groups in total. The van der Waals surface area contributed by atoms with Crippen LogP contribution >= 0.6 is 24.0 Å². The predicted octanol–water partition coefficient (Wildman–Crippen LogP) is 2.69. The SMILES string of the molecule is CCNC(=NCc1cccc(OCC)c1OC(F)F)NCCCNS(=O)(=O)CC.I. The summed E-state index contributed by atoms with van der Waals surface area (Å²) in [4.78, 5) is 4.39. The van der Waals surface area contributed by atoms with Gasteiger partial charge in [-0.1, -0.05) is 12.1 Å². The van der Waals surface area contributed by atoms with Crippen LogP contribution in [0.3, 0.4) is 0 Å². The van der Waals surface area contributed by atoms with Crippen LogP contribution in [0.5, 0.6) is 11.5 Å². The van der Waals surface area contributed by atoms with Crippen molar-refractivity contribution in [3.63, 3.8) is 0 Å². The number of sulfonamides is 1. The monoisotopic (exact) mass is 564 g/mol. The molecule has 0 aliphatic rings. The van der Waals surface area contributed by atoms with Gasteiger partial charge < -0.3 is 20.1 Å². The molecule has 174 valence electrons. The fraction of sp³-hybridized carbons (Fsp3) is 0.611. The molecule has 0 atom stereocenters. The van der Waals surface area contributed by atoms with Crippen LogP contribution in [0.15, 0.2) is 23.2 Å². The van der Waals surface area contributed by atoms with E-state index in [2.05, 4.69) is 25.1 Å². The maximum Gasteiger partial charge on any atom is 0.387 e. The number of benzene rings is 1. The minimum atomic E-state index is -3.21. The number of nitrogens with one attached hydrogen (secondary N) is 3. The van der Waals surface area contributed by atoms with Gasteiger partial charge in [0.05, 0.1) is 18.9 Å². The van der Waals surface area contributed by atoms with Gasteiger partial charge in [-0.25, -0.2) is 18.1 Å². The van der Waals surface area contributed by atoms with Gasteiger partial charge >= 0.3 is 6.61 Å². The van der Waals surface area contributed by atoms with Gasteiger partial charge in [-0.3, -0.25) is 0 Å². The number of rotatable bonds is 13. The Morgan fingerprint density at radius 2 is 1.90 bits per heavy atom. The minimum absolute atomic E-state index is 0. The maximum absolute atomic E-state index is 12.8. The Labute approximate surface area is 194 Å². The maximum atomic E-state index is 12.8. The molecule has 1 aromatic carbocycles. The molecule has 0 heterocycles. The number of hydrogen-bond acceptors (Lipinski definition) is 5. The number of para-hydroxylation sites is 1. The second kappa shape index (κ2) is 15.4. The van der Waals surface area contributed by atoms with E-state index in [1.54, 1.807) is 32.0 Å². The zero-order valence-corrected chi connectivity index (χ0v) is 20.6. The molecule has 0 aliphatic carbocycles. The molecular formula is C18H31F2IN4O4S. The molecule has 1 rings (SSSR count). The van der Waals surface area contributed by atoms with Gasteiger partial charge in [0.25, 0.3) is 0 Å². The van der Waals surface area contributed by atoms with E-state index in [0.29, 0.717) is 44.2 Å². The Bertz CT molecular complexity index is 752. The van der Waals surface area contributed by atoms with Crippen molar-refractivity contribution in [2.45, 2.75) is 40.3 Å². The third-order valence-corrected chi connectivity index (χ3v) is 5.07. The summed E-state index contributed by atoms with van der Waals surface area (Å²) >= 11 is 0. The highest BCUT2D eigenvalue weighted by molar-refractivity contribution is 14.0. The highest BCUT2D eigenvalue weighted by atomic mass is 127. The zero-order valence-electron chi connectivity index (χ0n) is 17.4. The lowest BCUT2D eigenvalue weighted by Crippen LogP contribution is -2.38. The summed E-state index contributed by atoms with van der Waals surface area (Å²) in [6.45, 7) is 4.06. The van der Waals surface area contributed by atoms with Crippen LogP contribution < -0.4 is 24.8 Å². The van der Waals surface area contributed by atoms with Crippen molar-refractivity contribution < 1.29 is 26.7 Å². The van der Waals surface area contributed by atoms with Crippen LogP contribution in [0.25, 0.3) is 0 Å². The predicted molar refractivity (Wildman–Crippen MR) is 125 cm³/mol. The second-order valence-corrected chi connectivity index (χ2v) is 7.92. The van der Waals surface area contributed by atoms with Gasteiger partial charge in [0.1, 0.15) is 0 Å². The zero-order chi connectivity index (χ0) is 21.7. The lowest BCUT2D eigenvalue weighted by molar-refractivity contribution is -0.0520. The number of alkyl halides is 2. The Morgan fingerprint density at radius 3 is 2.50 bits per heavy atom. The molecular weight excluding hydrogens is 533 g/mol. The first-order valence-electron chi connectivity index (χ1n) is 9.51. The number of guanidine groups is 1. The van der Waals surface area contributed by atoms with E-state index in [0.717, 1.165) is 0 Å². The van der Waals surface area contributed by atoms with E-state index < -0.39 is 16.6 Å². The molecule has 0 saturated carbocycles. The normalized spacial score (nSPS) is 11.7. The molecule has 0 unspecified atom stereocenters. The number of hydrogen-bond donors (Lipinski definition) is 3. The first kappa shape index (κ1) is 28.6. The molecule has 0 saturated heterocycles. The van der Waals surface area contributed by atoms with Gasteiger partial charge in [0, 0.05) is 25.2 Å². The Morgan fingerprint density at radius 1 is 1.17 bits per heavy atom.